The van der Waals surface area contributed by atoms with Crippen molar-refractivity contribution >= 4 is 6.08 Å². The molecule has 0 radical (unpaired) electrons. The quantitative estimate of drug-likeness (QED) is 0.774. The molecule has 0 saturated carbocycles. The van der Waals surface area contributed by atoms with Crippen molar-refractivity contribution in [2.45, 2.75) is 25.9 Å². The maximum atomic E-state index is 13.1. The van der Waals surface area contributed by atoms with Crippen LogP contribution in [0.1, 0.15) is 24.8 Å². The number of aryl methyl sites for hydroxylation is 1. The van der Waals surface area contributed by atoms with E-state index in [-0.39, 0.29) is 5.69 Å². The summed E-state index contributed by atoms with van der Waals surface area (Å²) >= 11 is 0. The van der Waals surface area contributed by atoms with Crippen molar-refractivity contribution < 1.29 is 17.6 Å². The average Bonchev–Trinajstić information content (AvgIpc) is 2.85. The van der Waals surface area contributed by atoms with Gasteiger partial charge in [-0.05, 0) is 31.6 Å². The highest BCUT2D eigenvalue weighted by Crippen LogP contribution is 2.33. The molecule has 0 atom stereocenters. The molecule has 2 aromatic heterocycles. The predicted octanol–water partition coefficient (Wildman–Crippen LogP) is 4.57. The monoisotopic (exact) mass is 306 g/mol. The van der Waals surface area contributed by atoms with E-state index in [1.54, 1.807) is 31.5 Å². The zero-order valence-electron chi connectivity index (χ0n) is 11.8. The molecular formula is C16H13F3N2O. The molecule has 0 saturated heterocycles. The van der Waals surface area contributed by atoms with Crippen LogP contribution < -0.4 is 0 Å². The van der Waals surface area contributed by atoms with Gasteiger partial charge in [0.25, 0.3) is 0 Å². The van der Waals surface area contributed by atoms with Crippen LogP contribution in [0.25, 0.3) is 17.5 Å². The molecule has 0 aromatic carbocycles. The molecule has 1 aliphatic carbocycles. The lowest BCUT2D eigenvalue weighted by Gasteiger charge is -2.11. The van der Waals surface area contributed by atoms with Gasteiger partial charge < -0.3 is 4.42 Å². The molecule has 2 aromatic rings. The SMILES string of the molecule is CC1=CC(C(F)(F)F)=Cc2nc(-c3ccncc3)oc2CC1. The van der Waals surface area contributed by atoms with Crippen LogP contribution in [0.3, 0.4) is 0 Å². The highest BCUT2D eigenvalue weighted by molar-refractivity contribution is 5.61. The summed E-state index contributed by atoms with van der Waals surface area (Å²) in [5.74, 6) is 0.783. The van der Waals surface area contributed by atoms with Crippen LogP contribution in [0.4, 0.5) is 13.2 Å². The van der Waals surface area contributed by atoms with Crippen LogP contribution in [-0.4, -0.2) is 16.1 Å². The maximum absolute atomic E-state index is 13.1. The summed E-state index contributed by atoms with van der Waals surface area (Å²) in [5.41, 5.74) is 0.882. The number of rotatable bonds is 1. The average molecular weight is 306 g/mol. The number of pyridine rings is 1. The van der Waals surface area contributed by atoms with Gasteiger partial charge in [0.05, 0.1) is 5.57 Å². The van der Waals surface area contributed by atoms with Crippen molar-refractivity contribution in [3.63, 3.8) is 0 Å². The number of allylic oxidation sites excluding steroid dienone is 3. The van der Waals surface area contributed by atoms with Crippen LogP contribution in [0, 0.1) is 0 Å². The van der Waals surface area contributed by atoms with E-state index in [1.165, 1.54) is 6.08 Å². The first-order valence-electron chi connectivity index (χ1n) is 6.79. The lowest BCUT2D eigenvalue weighted by atomic mass is 10.0. The highest BCUT2D eigenvalue weighted by Gasteiger charge is 2.33. The molecule has 0 bridgehead atoms. The number of fused-ring (bicyclic) bond motifs is 1. The summed E-state index contributed by atoms with van der Waals surface area (Å²) in [5, 5.41) is 0. The third kappa shape index (κ3) is 2.95. The fraction of sp³-hybridized carbons (Fsp3) is 0.250. The Morgan fingerprint density at radius 1 is 1.09 bits per heavy atom. The third-order valence-electron chi connectivity index (χ3n) is 3.42. The number of oxazole rings is 1. The largest absolute Gasteiger partial charge is 0.441 e. The summed E-state index contributed by atoms with van der Waals surface area (Å²) in [7, 11) is 0. The Morgan fingerprint density at radius 3 is 2.50 bits per heavy atom. The van der Waals surface area contributed by atoms with Crippen molar-refractivity contribution in [3.8, 4) is 11.5 Å². The van der Waals surface area contributed by atoms with Crippen molar-refractivity contribution in [2.75, 3.05) is 0 Å². The topological polar surface area (TPSA) is 38.9 Å². The minimum atomic E-state index is -4.41. The van der Waals surface area contributed by atoms with E-state index in [9.17, 15) is 13.2 Å². The zero-order chi connectivity index (χ0) is 15.7. The number of hydrogen-bond donors (Lipinski definition) is 0. The second-order valence-electron chi connectivity index (χ2n) is 5.15. The summed E-state index contributed by atoms with van der Waals surface area (Å²) in [6.45, 7) is 1.69. The summed E-state index contributed by atoms with van der Waals surface area (Å²) in [6.07, 6.45) is 2.00. The smallest absolute Gasteiger partial charge is 0.416 e. The minimum absolute atomic E-state index is 0.239. The molecule has 0 spiro atoms. The first kappa shape index (κ1) is 14.6. The third-order valence-corrected chi connectivity index (χ3v) is 3.42. The van der Waals surface area contributed by atoms with E-state index >= 15 is 0 Å². The van der Waals surface area contributed by atoms with Gasteiger partial charge in [-0.15, -0.1) is 0 Å². The van der Waals surface area contributed by atoms with Gasteiger partial charge in [-0.3, -0.25) is 4.98 Å². The Labute approximate surface area is 125 Å². The number of halogens is 3. The normalized spacial score (nSPS) is 15.5. The molecule has 0 N–H and O–H groups in total. The van der Waals surface area contributed by atoms with E-state index in [1.807, 2.05) is 0 Å². The minimum Gasteiger partial charge on any atom is -0.441 e. The van der Waals surface area contributed by atoms with Crippen LogP contribution in [-0.2, 0) is 6.42 Å². The second-order valence-corrected chi connectivity index (χ2v) is 5.15. The van der Waals surface area contributed by atoms with Gasteiger partial charge in [-0.2, -0.15) is 13.2 Å². The molecule has 3 rings (SSSR count). The van der Waals surface area contributed by atoms with Gasteiger partial charge in [0.2, 0.25) is 5.89 Å². The zero-order valence-corrected chi connectivity index (χ0v) is 11.8. The molecule has 114 valence electrons. The lowest BCUT2D eigenvalue weighted by molar-refractivity contribution is -0.0874. The standard InChI is InChI=1S/C16H13F3N2O/c1-10-2-3-14-13(9-12(8-10)16(17,18)19)21-15(22-14)11-4-6-20-7-5-11/h4-9H,2-3H2,1H3. The first-order chi connectivity index (χ1) is 10.4. The lowest BCUT2D eigenvalue weighted by Crippen LogP contribution is -2.11. The molecule has 0 amide bonds. The first-order valence-corrected chi connectivity index (χ1v) is 6.79. The molecule has 22 heavy (non-hydrogen) atoms. The van der Waals surface area contributed by atoms with E-state index in [4.69, 9.17) is 4.42 Å². The van der Waals surface area contributed by atoms with E-state index in [0.29, 0.717) is 35.6 Å². The number of aromatic nitrogens is 2. The molecule has 6 heteroatoms. The van der Waals surface area contributed by atoms with Crippen LogP contribution in [0.15, 0.2) is 46.2 Å². The van der Waals surface area contributed by atoms with Crippen LogP contribution in [0.5, 0.6) is 0 Å². The highest BCUT2D eigenvalue weighted by atomic mass is 19.4. The maximum Gasteiger partial charge on any atom is 0.416 e. The van der Waals surface area contributed by atoms with Crippen molar-refractivity contribution in [2.24, 2.45) is 0 Å². The van der Waals surface area contributed by atoms with Gasteiger partial charge in [0.15, 0.2) is 0 Å². The van der Waals surface area contributed by atoms with Crippen molar-refractivity contribution in [1.82, 2.24) is 9.97 Å². The van der Waals surface area contributed by atoms with E-state index in [0.717, 1.165) is 6.08 Å². The Morgan fingerprint density at radius 2 is 1.82 bits per heavy atom. The van der Waals surface area contributed by atoms with E-state index in [2.05, 4.69) is 9.97 Å². The molecular weight excluding hydrogens is 293 g/mol. The molecule has 2 heterocycles. The Balaban J connectivity index is 2.08. The molecule has 0 unspecified atom stereocenters. The van der Waals surface area contributed by atoms with Gasteiger partial charge in [-0.1, -0.05) is 11.6 Å². The molecule has 3 nitrogen and oxygen atoms in total. The number of hydrogen-bond acceptors (Lipinski definition) is 3. The van der Waals surface area contributed by atoms with Gasteiger partial charge >= 0.3 is 6.18 Å². The molecule has 0 aliphatic heterocycles. The van der Waals surface area contributed by atoms with Gasteiger partial charge in [0.1, 0.15) is 11.5 Å². The van der Waals surface area contributed by atoms with Gasteiger partial charge in [-0.25, -0.2) is 4.98 Å². The van der Waals surface area contributed by atoms with Crippen molar-refractivity contribution in [1.29, 1.82) is 0 Å². The summed E-state index contributed by atoms with van der Waals surface area (Å²) < 4.78 is 44.9. The fourth-order valence-electron chi connectivity index (χ4n) is 2.27. The predicted molar refractivity (Wildman–Crippen MR) is 75.8 cm³/mol. The van der Waals surface area contributed by atoms with Crippen molar-refractivity contribution in [3.05, 3.63) is 53.2 Å². The second kappa shape index (κ2) is 5.44. The van der Waals surface area contributed by atoms with Crippen LogP contribution >= 0.6 is 0 Å². The number of alkyl halides is 3. The van der Waals surface area contributed by atoms with Gasteiger partial charge in [0, 0.05) is 24.4 Å². The van der Waals surface area contributed by atoms with E-state index < -0.39 is 11.7 Å². The number of nitrogens with zero attached hydrogens (tertiary/aromatic N) is 2. The Bertz CT molecular complexity index is 742. The summed E-state index contributed by atoms with van der Waals surface area (Å²) in [4.78, 5) is 8.11. The Hall–Kier alpha value is -2.37. The molecule has 0 fully saturated rings. The fourth-order valence-corrected chi connectivity index (χ4v) is 2.27. The Kier molecular flexibility index (Phi) is 3.60. The molecule has 1 aliphatic rings. The summed E-state index contributed by atoms with van der Waals surface area (Å²) in [6, 6.07) is 3.41. The van der Waals surface area contributed by atoms with Crippen LogP contribution in [0.2, 0.25) is 0 Å².